The Balaban J connectivity index is 1.60. The molecule has 0 bridgehead atoms. The van der Waals surface area contributed by atoms with Gasteiger partial charge in [0.2, 0.25) is 5.91 Å². The summed E-state index contributed by atoms with van der Waals surface area (Å²) in [7, 11) is 5.42. The van der Waals surface area contributed by atoms with Crippen LogP contribution in [0.4, 0.5) is 0 Å². The minimum absolute atomic E-state index is 0.0424. The van der Waals surface area contributed by atoms with Crippen LogP contribution < -0.4 is 0 Å². The molecule has 0 radical (unpaired) electrons. The largest absolute Gasteiger partial charge is 0.459 e. The van der Waals surface area contributed by atoms with E-state index in [1.807, 2.05) is 18.9 Å². The molecule has 3 rings (SSSR count). The smallest absolute Gasteiger partial charge is 0.290 e. The lowest BCUT2D eigenvalue weighted by atomic mass is 9.90. The van der Waals surface area contributed by atoms with Gasteiger partial charge in [-0.25, -0.2) is 0 Å². The molecule has 7 heteroatoms. The van der Waals surface area contributed by atoms with Crippen LogP contribution in [0, 0.1) is 6.92 Å². The molecule has 2 saturated heterocycles. The zero-order valence-electron chi connectivity index (χ0n) is 14.0. The van der Waals surface area contributed by atoms with Crippen LogP contribution in [0.5, 0.6) is 0 Å². The molecular formula is C16H23N3O4. The molecule has 2 aliphatic rings. The second-order valence-corrected chi connectivity index (χ2v) is 6.75. The highest BCUT2D eigenvalue weighted by Crippen LogP contribution is 2.32. The maximum Gasteiger partial charge on any atom is 0.290 e. The van der Waals surface area contributed by atoms with Crippen molar-refractivity contribution in [1.82, 2.24) is 14.7 Å². The van der Waals surface area contributed by atoms with Gasteiger partial charge >= 0.3 is 0 Å². The monoisotopic (exact) mass is 321 g/mol. The van der Waals surface area contributed by atoms with Crippen LogP contribution in [0.1, 0.15) is 16.1 Å². The van der Waals surface area contributed by atoms with Crippen molar-refractivity contribution in [3.63, 3.8) is 0 Å². The zero-order chi connectivity index (χ0) is 16.8. The molecule has 7 nitrogen and oxygen atoms in total. The number of likely N-dealkylation sites (N-methyl/N-ethyl adjacent to an activating group) is 2. The Morgan fingerprint density at radius 2 is 2.00 bits per heavy atom. The number of hydrogen-bond acceptors (Lipinski definition) is 5. The Morgan fingerprint density at radius 3 is 2.52 bits per heavy atom. The van der Waals surface area contributed by atoms with Crippen molar-refractivity contribution in [2.45, 2.75) is 18.6 Å². The van der Waals surface area contributed by atoms with Gasteiger partial charge in [0.15, 0.2) is 5.76 Å². The van der Waals surface area contributed by atoms with Gasteiger partial charge in [-0.15, -0.1) is 0 Å². The Bertz CT molecular complexity index is 619. The Morgan fingerprint density at radius 1 is 1.30 bits per heavy atom. The number of hydrogen-bond donors (Lipinski definition) is 0. The number of ether oxygens (including phenoxy) is 1. The normalized spacial score (nSPS) is 23.7. The van der Waals surface area contributed by atoms with E-state index < -0.39 is 0 Å². The molecule has 1 spiro atoms. The average Bonchev–Trinajstić information content (AvgIpc) is 2.89. The summed E-state index contributed by atoms with van der Waals surface area (Å²) in [4.78, 5) is 29.8. The average molecular weight is 321 g/mol. The minimum Gasteiger partial charge on any atom is -0.459 e. The van der Waals surface area contributed by atoms with Crippen molar-refractivity contribution >= 4 is 11.8 Å². The highest BCUT2D eigenvalue weighted by Gasteiger charge is 2.51. The number of nitrogens with zero attached hydrogens (tertiary/aromatic N) is 3. The van der Waals surface area contributed by atoms with Crippen LogP contribution in [0.2, 0.25) is 0 Å². The molecule has 0 aliphatic carbocycles. The van der Waals surface area contributed by atoms with Crippen LogP contribution in [-0.2, 0) is 9.53 Å². The lowest BCUT2D eigenvalue weighted by Gasteiger charge is -2.54. The van der Waals surface area contributed by atoms with Crippen molar-refractivity contribution in [3.05, 3.63) is 23.7 Å². The maximum atomic E-state index is 12.4. The van der Waals surface area contributed by atoms with Gasteiger partial charge in [-0.05, 0) is 20.0 Å². The van der Waals surface area contributed by atoms with Crippen LogP contribution >= 0.6 is 0 Å². The fourth-order valence-electron chi connectivity index (χ4n) is 3.27. The second-order valence-electron chi connectivity index (χ2n) is 6.75. The summed E-state index contributed by atoms with van der Waals surface area (Å²) in [6.45, 7) is 3.90. The van der Waals surface area contributed by atoms with Crippen LogP contribution in [-0.4, -0.2) is 85.5 Å². The molecule has 1 atom stereocenters. The van der Waals surface area contributed by atoms with Crippen molar-refractivity contribution in [1.29, 1.82) is 0 Å². The summed E-state index contributed by atoms with van der Waals surface area (Å²) < 4.78 is 11.2. The number of carbonyl (C=O) groups is 2. The van der Waals surface area contributed by atoms with Crippen LogP contribution in [0.3, 0.4) is 0 Å². The molecule has 2 aliphatic heterocycles. The van der Waals surface area contributed by atoms with E-state index in [9.17, 15) is 9.59 Å². The van der Waals surface area contributed by atoms with Crippen LogP contribution in [0.15, 0.2) is 16.7 Å². The first-order valence-electron chi connectivity index (χ1n) is 7.72. The molecular weight excluding hydrogens is 298 g/mol. The van der Waals surface area contributed by atoms with E-state index in [0.29, 0.717) is 32.0 Å². The topological polar surface area (TPSA) is 66.2 Å². The lowest BCUT2D eigenvalue weighted by molar-refractivity contribution is -0.190. The van der Waals surface area contributed by atoms with E-state index in [2.05, 4.69) is 0 Å². The van der Waals surface area contributed by atoms with E-state index in [4.69, 9.17) is 9.15 Å². The van der Waals surface area contributed by atoms with E-state index in [0.717, 1.165) is 5.56 Å². The van der Waals surface area contributed by atoms with Crippen molar-refractivity contribution in [3.8, 4) is 0 Å². The Kier molecular flexibility index (Phi) is 3.93. The summed E-state index contributed by atoms with van der Waals surface area (Å²) >= 11 is 0. The number of furan rings is 1. The highest BCUT2D eigenvalue weighted by molar-refractivity contribution is 5.93. The van der Waals surface area contributed by atoms with Gasteiger partial charge in [0, 0.05) is 26.2 Å². The third-order valence-electron chi connectivity index (χ3n) is 4.64. The highest BCUT2D eigenvalue weighted by atomic mass is 16.5. The predicted molar refractivity (Wildman–Crippen MR) is 83.1 cm³/mol. The molecule has 0 saturated carbocycles. The number of likely N-dealkylation sites (tertiary alicyclic amines) is 1. The minimum atomic E-state index is -0.367. The van der Waals surface area contributed by atoms with Gasteiger partial charge in [0.25, 0.3) is 5.91 Å². The van der Waals surface area contributed by atoms with Crippen LogP contribution in [0.25, 0.3) is 0 Å². The fourth-order valence-corrected chi connectivity index (χ4v) is 3.27. The van der Waals surface area contributed by atoms with Gasteiger partial charge in [0.05, 0.1) is 26.0 Å². The number of carbonyl (C=O) groups excluding carboxylic acids is 2. The molecule has 3 heterocycles. The first kappa shape index (κ1) is 16.0. The summed E-state index contributed by atoms with van der Waals surface area (Å²) in [5, 5.41) is 0. The Labute approximate surface area is 135 Å². The summed E-state index contributed by atoms with van der Waals surface area (Å²) in [6, 6.07) is 1.53. The number of aryl methyl sites for hydroxylation is 1. The number of amides is 2. The second kappa shape index (κ2) is 5.65. The molecule has 23 heavy (non-hydrogen) atoms. The third kappa shape index (κ3) is 2.74. The predicted octanol–water partition coefficient (Wildman–Crippen LogP) is 0.201. The van der Waals surface area contributed by atoms with Gasteiger partial charge in [-0.1, -0.05) is 0 Å². The first-order valence-corrected chi connectivity index (χ1v) is 7.72. The summed E-state index contributed by atoms with van der Waals surface area (Å²) in [5.74, 6) is 0.335. The Hall–Kier alpha value is -1.86. The lowest BCUT2D eigenvalue weighted by Crippen LogP contribution is -2.73. The number of morpholine rings is 1. The zero-order valence-corrected chi connectivity index (χ0v) is 14.0. The van der Waals surface area contributed by atoms with Gasteiger partial charge in [-0.2, -0.15) is 0 Å². The van der Waals surface area contributed by atoms with E-state index >= 15 is 0 Å². The van der Waals surface area contributed by atoms with Crippen molar-refractivity contribution in [2.24, 2.45) is 0 Å². The van der Waals surface area contributed by atoms with E-state index in [-0.39, 0.29) is 23.5 Å². The fraction of sp³-hybridized carbons (Fsp3) is 0.625. The molecule has 1 aromatic heterocycles. The van der Waals surface area contributed by atoms with Gasteiger partial charge in [-0.3, -0.25) is 14.5 Å². The SMILES string of the molecule is Cc1ccoc1C(=O)N1CC2(C1)CN(C)[C@H](C(=O)N(C)C)CO2. The van der Waals surface area contributed by atoms with Crippen molar-refractivity contribution in [2.75, 3.05) is 47.4 Å². The molecule has 126 valence electrons. The standard InChI is InChI=1S/C16H23N3O4/c1-11-5-6-22-13(11)15(21)19-9-16(10-19)8-18(4)12(7-23-16)14(20)17(2)3/h5-6,12H,7-10H2,1-4H3/t12-/m0/s1. The van der Waals surface area contributed by atoms with Gasteiger partial charge < -0.3 is 19.0 Å². The third-order valence-corrected chi connectivity index (χ3v) is 4.64. The van der Waals surface area contributed by atoms with Gasteiger partial charge in [0.1, 0.15) is 11.6 Å². The number of rotatable bonds is 2. The first-order chi connectivity index (χ1) is 10.8. The summed E-state index contributed by atoms with van der Waals surface area (Å²) in [6.07, 6.45) is 1.53. The molecule has 0 aromatic carbocycles. The summed E-state index contributed by atoms with van der Waals surface area (Å²) in [5.41, 5.74) is 0.475. The quantitative estimate of drug-likeness (QED) is 0.779. The maximum absolute atomic E-state index is 12.4. The molecule has 2 amide bonds. The molecule has 0 unspecified atom stereocenters. The molecule has 2 fully saturated rings. The van der Waals surface area contributed by atoms with E-state index in [1.165, 1.54) is 6.26 Å². The molecule has 1 aromatic rings. The van der Waals surface area contributed by atoms with Crippen molar-refractivity contribution < 1.29 is 18.7 Å². The molecule has 0 N–H and O–H groups in total. The van der Waals surface area contributed by atoms with E-state index in [1.54, 1.807) is 30.0 Å².